The van der Waals surface area contributed by atoms with E-state index in [9.17, 15) is 14.7 Å². The second kappa shape index (κ2) is 12.1. The number of aliphatic hydroxyl groups is 1. The van der Waals surface area contributed by atoms with Crippen LogP contribution in [0.5, 0.6) is 0 Å². The van der Waals surface area contributed by atoms with Crippen molar-refractivity contribution < 1.29 is 18.9 Å². The Morgan fingerprint density at radius 2 is 2.00 bits per heavy atom. The fourth-order valence-corrected chi connectivity index (χ4v) is 7.28. The molecule has 2 amide bonds. The zero-order valence-electron chi connectivity index (χ0n) is 22.1. The Balaban J connectivity index is 1.24. The molecule has 1 aromatic rings. The Kier molecular flexibility index (Phi) is 8.87. The van der Waals surface area contributed by atoms with Gasteiger partial charge in [-0.25, -0.2) is 4.99 Å². The summed E-state index contributed by atoms with van der Waals surface area (Å²) in [5.74, 6) is 0.508. The summed E-state index contributed by atoms with van der Waals surface area (Å²) in [5, 5.41) is 14.7. The van der Waals surface area contributed by atoms with Crippen LogP contribution in [-0.2, 0) is 13.8 Å². The van der Waals surface area contributed by atoms with Gasteiger partial charge >= 0.3 is 0 Å². The number of carbonyl (C=O) groups excluding carboxylic acids is 2. The SMILES string of the molecule is CCCCN1C(=O)[C@@H]([C@H](O)C2CCCCC2)NC(=O)C12CCN(CC1=NC(c3cccc(Cl)c3)SO1)CC2. The molecule has 5 rings (SSSR count). The van der Waals surface area contributed by atoms with Gasteiger partial charge in [-0.05, 0) is 55.7 Å². The van der Waals surface area contributed by atoms with Gasteiger partial charge in [-0.15, -0.1) is 0 Å². The van der Waals surface area contributed by atoms with E-state index in [1.165, 1.54) is 18.5 Å². The minimum absolute atomic E-state index is 0.0720. The third-order valence-electron chi connectivity index (χ3n) is 8.64. The third-order valence-corrected chi connectivity index (χ3v) is 9.72. The first kappa shape index (κ1) is 27.7. The van der Waals surface area contributed by atoms with E-state index in [-0.39, 0.29) is 23.1 Å². The van der Waals surface area contributed by atoms with Gasteiger partial charge in [0.2, 0.25) is 17.7 Å². The molecule has 1 unspecified atom stereocenters. The molecule has 1 aliphatic carbocycles. The van der Waals surface area contributed by atoms with Crippen LogP contribution in [0.4, 0.5) is 0 Å². The molecule has 1 spiro atoms. The summed E-state index contributed by atoms with van der Waals surface area (Å²) >= 11 is 7.45. The smallest absolute Gasteiger partial charge is 0.248 e. The standard InChI is InChI=1S/C28H39ClN4O4S/c1-2-3-14-33-26(35)23(24(34)19-8-5-4-6-9-19)31-27(36)28(33)12-15-32(16-13-28)18-22-30-25(38-37-22)20-10-7-11-21(29)17-20/h7,10-11,17,19,23-25,34H,2-6,8-9,12-16,18H2,1H3,(H,31,36)/t23-,24-,25?/m1/s1. The van der Waals surface area contributed by atoms with Gasteiger partial charge < -0.3 is 19.5 Å². The third kappa shape index (κ3) is 5.71. The number of piperazine rings is 1. The Morgan fingerprint density at radius 1 is 1.24 bits per heavy atom. The molecule has 38 heavy (non-hydrogen) atoms. The number of hydrogen-bond acceptors (Lipinski definition) is 7. The first-order valence-electron chi connectivity index (χ1n) is 14.1. The minimum atomic E-state index is -0.859. The second-order valence-corrected chi connectivity index (χ2v) is 12.3. The number of benzene rings is 1. The molecule has 10 heteroatoms. The van der Waals surface area contributed by atoms with Crippen molar-refractivity contribution in [3.8, 4) is 0 Å². The molecule has 208 valence electrons. The van der Waals surface area contributed by atoms with Crippen LogP contribution in [0.25, 0.3) is 0 Å². The topological polar surface area (TPSA) is 94.5 Å². The molecule has 2 N–H and O–H groups in total. The first-order chi connectivity index (χ1) is 18.4. The predicted octanol–water partition coefficient (Wildman–Crippen LogP) is 4.32. The van der Waals surface area contributed by atoms with Gasteiger partial charge in [0.25, 0.3) is 0 Å². The Hall–Kier alpha value is -1.81. The number of piperidine rings is 1. The molecule has 0 radical (unpaired) electrons. The van der Waals surface area contributed by atoms with Crippen LogP contribution >= 0.6 is 23.6 Å². The van der Waals surface area contributed by atoms with E-state index in [1.807, 2.05) is 29.2 Å². The molecule has 3 fully saturated rings. The summed E-state index contributed by atoms with van der Waals surface area (Å²) < 4.78 is 5.82. The van der Waals surface area contributed by atoms with Gasteiger partial charge in [-0.1, -0.05) is 56.3 Å². The highest BCUT2D eigenvalue weighted by Gasteiger charge is 2.55. The number of hydrogen-bond donors (Lipinski definition) is 2. The number of carbonyl (C=O) groups is 2. The number of nitrogens with zero attached hydrogens (tertiary/aromatic N) is 3. The Morgan fingerprint density at radius 3 is 2.71 bits per heavy atom. The van der Waals surface area contributed by atoms with Crippen molar-refractivity contribution >= 4 is 41.4 Å². The largest absolute Gasteiger partial charge is 0.407 e. The number of likely N-dealkylation sites (tertiary alicyclic amines) is 1. The number of rotatable bonds is 8. The molecule has 1 saturated carbocycles. The number of nitrogens with one attached hydrogen (secondary N) is 1. The minimum Gasteiger partial charge on any atom is -0.407 e. The number of amides is 2. The molecule has 1 aromatic carbocycles. The van der Waals surface area contributed by atoms with Crippen molar-refractivity contribution in [1.82, 2.24) is 15.1 Å². The zero-order chi connectivity index (χ0) is 26.7. The fraction of sp³-hybridized carbons (Fsp3) is 0.679. The summed E-state index contributed by atoms with van der Waals surface area (Å²) in [6, 6.07) is 6.81. The molecule has 3 heterocycles. The van der Waals surface area contributed by atoms with Crippen LogP contribution in [0.15, 0.2) is 29.3 Å². The van der Waals surface area contributed by atoms with Gasteiger partial charge in [0, 0.05) is 24.7 Å². The summed E-state index contributed by atoms with van der Waals surface area (Å²) in [6.07, 6.45) is 7.21. The molecule has 3 atom stereocenters. The first-order valence-corrected chi connectivity index (χ1v) is 15.3. The van der Waals surface area contributed by atoms with Gasteiger partial charge in [-0.2, -0.15) is 0 Å². The summed E-state index contributed by atoms with van der Waals surface area (Å²) in [6.45, 7) is 4.52. The number of aliphatic imine (C=N–C) groups is 1. The maximum absolute atomic E-state index is 13.8. The molecule has 0 bridgehead atoms. The van der Waals surface area contributed by atoms with Crippen LogP contribution in [0, 0.1) is 5.92 Å². The van der Waals surface area contributed by atoms with Gasteiger partial charge in [-0.3, -0.25) is 14.5 Å². The van der Waals surface area contributed by atoms with E-state index in [0.717, 1.165) is 44.1 Å². The predicted molar refractivity (Wildman–Crippen MR) is 150 cm³/mol. The van der Waals surface area contributed by atoms with Crippen LogP contribution in [0.2, 0.25) is 5.02 Å². The average Bonchev–Trinajstić information content (AvgIpc) is 3.40. The van der Waals surface area contributed by atoms with Gasteiger partial charge in [0.05, 0.1) is 24.7 Å². The van der Waals surface area contributed by atoms with E-state index >= 15 is 0 Å². The normalized spacial score (nSPS) is 27.2. The van der Waals surface area contributed by atoms with Crippen molar-refractivity contribution in [3.63, 3.8) is 0 Å². The molecule has 4 aliphatic rings. The van der Waals surface area contributed by atoms with Crippen LogP contribution in [-0.4, -0.2) is 76.5 Å². The van der Waals surface area contributed by atoms with E-state index in [4.69, 9.17) is 20.8 Å². The van der Waals surface area contributed by atoms with Crippen molar-refractivity contribution in [3.05, 3.63) is 34.9 Å². The van der Waals surface area contributed by atoms with Gasteiger partial charge in [0.15, 0.2) is 5.37 Å². The van der Waals surface area contributed by atoms with E-state index in [1.54, 1.807) is 0 Å². The number of aliphatic hydroxyl groups excluding tert-OH is 1. The highest BCUT2D eigenvalue weighted by atomic mass is 35.5. The van der Waals surface area contributed by atoms with E-state index in [2.05, 4.69) is 17.1 Å². The number of halogens is 1. The van der Waals surface area contributed by atoms with Crippen LogP contribution < -0.4 is 5.32 Å². The maximum atomic E-state index is 13.8. The summed E-state index contributed by atoms with van der Waals surface area (Å²) in [5.41, 5.74) is 0.145. The average molecular weight is 563 g/mol. The van der Waals surface area contributed by atoms with Crippen LogP contribution in [0.1, 0.15) is 75.6 Å². The maximum Gasteiger partial charge on any atom is 0.248 e. The van der Waals surface area contributed by atoms with Crippen molar-refractivity contribution in [2.45, 2.75) is 87.8 Å². The zero-order valence-corrected chi connectivity index (χ0v) is 23.7. The molecular weight excluding hydrogens is 524 g/mol. The Bertz CT molecular complexity index is 1040. The lowest BCUT2D eigenvalue weighted by molar-refractivity contribution is -0.165. The van der Waals surface area contributed by atoms with Crippen molar-refractivity contribution in [1.29, 1.82) is 0 Å². The monoisotopic (exact) mass is 562 g/mol. The quantitative estimate of drug-likeness (QED) is 0.458. The van der Waals surface area contributed by atoms with Crippen LogP contribution in [0.3, 0.4) is 0 Å². The molecule has 0 aromatic heterocycles. The molecule has 3 aliphatic heterocycles. The lowest BCUT2D eigenvalue weighted by Gasteiger charge is -2.52. The second-order valence-electron chi connectivity index (χ2n) is 11.1. The van der Waals surface area contributed by atoms with Crippen molar-refractivity contribution in [2.75, 3.05) is 26.2 Å². The fourth-order valence-electron chi connectivity index (χ4n) is 6.36. The molecule has 8 nitrogen and oxygen atoms in total. The van der Waals surface area contributed by atoms with Gasteiger partial charge in [0.1, 0.15) is 11.6 Å². The number of unbranched alkanes of at least 4 members (excludes halogenated alkanes) is 1. The molecule has 2 saturated heterocycles. The van der Waals surface area contributed by atoms with Crippen molar-refractivity contribution in [2.24, 2.45) is 10.9 Å². The molecular formula is C28H39ClN4O4S. The summed E-state index contributed by atoms with van der Waals surface area (Å²) in [4.78, 5) is 36.2. The lowest BCUT2D eigenvalue weighted by atomic mass is 9.78. The Labute approximate surface area is 234 Å². The highest BCUT2D eigenvalue weighted by molar-refractivity contribution is 7.95. The van der Waals surface area contributed by atoms with E-state index < -0.39 is 17.7 Å². The highest BCUT2D eigenvalue weighted by Crippen LogP contribution is 2.39. The summed E-state index contributed by atoms with van der Waals surface area (Å²) in [7, 11) is 0. The lowest BCUT2D eigenvalue weighted by Crippen LogP contribution is -2.75. The van der Waals surface area contributed by atoms with E-state index in [0.29, 0.717) is 49.9 Å².